The van der Waals surface area contributed by atoms with Crippen molar-refractivity contribution in [2.45, 2.75) is 20.3 Å². The zero-order valence-electron chi connectivity index (χ0n) is 22.3. The lowest BCUT2D eigenvalue weighted by molar-refractivity contribution is 0.0827. The normalized spacial score (nSPS) is 14.3. The van der Waals surface area contributed by atoms with Crippen LogP contribution >= 0.6 is 0 Å². The van der Waals surface area contributed by atoms with E-state index in [4.69, 9.17) is 0 Å². The Bertz CT molecular complexity index is 1400. The van der Waals surface area contributed by atoms with Crippen molar-refractivity contribution in [1.29, 1.82) is 0 Å². The second-order valence-electron chi connectivity index (χ2n) is 9.68. The lowest BCUT2D eigenvalue weighted by atomic mass is 9.98. The van der Waals surface area contributed by atoms with Gasteiger partial charge in [-0.05, 0) is 55.7 Å². The maximum absolute atomic E-state index is 12.7. The van der Waals surface area contributed by atoms with Crippen molar-refractivity contribution in [2.24, 2.45) is 0 Å². The third kappa shape index (κ3) is 6.06. The van der Waals surface area contributed by atoms with E-state index < -0.39 is 0 Å². The van der Waals surface area contributed by atoms with Gasteiger partial charge in [-0.1, -0.05) is 29.9 Å². The Kier molecular flexibility index (Phi) is 8.04. The van der Waals surface area contributed by atoms with E-state index >= 15 is 0 Å². The molecule has 7 heteroatoms. The highest BCUT2D eigenvalue weighted by atomic mass is 16.2. The highest BCUT2D eigenvalue weighted by molar-refractivity contribution is 5.94. The molecule has 1 amide bonds. The molecule has 2 aromatic heterocycles. The largest absolute Gasteiger partial charge is 0.388 e. The number of aromatic nitrogens is 2. The van der Waals surface area contributed by atoms with E-state index in [1.54, 1.807) is 49.1 Å². The summed E-state index contributed by atoms with van der Waals surface area (Å²) in [6.45, 7) is 6.76. The Balaban J connectivity index is 1.48. The Hall–Kier alpha value is -3.97. The minimum atomic E-state index is -0.0856. The van der Waals surface area contributed by atoms with Crippen molar-refractivity contribution in [3.63, 3.8) is 0 Å². The maximum atomic E-state index is 12.7. The number of carbonyl (C=O) groups excluding carboxylic acids is 1. The average molecular weight is 498 g/mol. The monoisotopic (exact) mass is 497 g/mol. The molecule has 0 aliphatic carbocycles. The number of rotatable bonds is 7. The number of nitrogens with zero attached hydrogens (tertiary/aromatic N) is 4. The molecule has 4 rings (SSSR count). The molecule has 1 N–H and O–H groups in total. The SMILES string of the molecule is CNc1ccn(-c2ccnc(C)c2/C=C(\C)CN2CC=C(c3ccc(C(=O)N(C)C)cc3)CC2)c(=O)c1. The van der Waals surface area contributed by atoms with Crippen LogP contribution in [0.1, 0.15) is 40.5 Å². The number of pyridine rings is 2. The quantitative estimate of drug-likeness (QED) is 0.521. The first-order valence-electron chi connectivity index (χ1n) is 12.5. The summed E-state index contributed by atoms with van der Waals surface area (Å²) in [6.07, 6.45) is 8.93. The second kappa shape index (κ2) is 11.4. The van der Waals surface area contributed by atoms with Crippen LogP contribution in [0.25, 0.3) is 17.3 Å². The zero-order chi connectivity index (χ0) is 26.5. The van der Waals surface area contributed by atoms with Crippen molar-refractivity contribution in [3.8, 4) is 5.69 Å². The summed E-state index contributed by atoms with van der Waals surface area (Å²) in [5.74, 6) is 0.0180. The van der Waals surface area contributed by atoms with E-state index in [-0.39, 0.29) is 11.5 Å². The Labute approximate surface area is 218 Å². The lowest BCUT2D eigenvalue weighted by Gasteiger charge is -2.27. The van der Waals surface area contributed by atoms with Crippen molar-refractivity contribution in [2.75, 3.05) is 46.1 Å². The van der Waals surface area contributed by atoms with Gasteiger partial charge in [0.15, 0.2) is 0 Å². The van der Waals surface area contributed by atoms with Crippen LogP contribution in [0.4, 0.5) is 5.69 Å². The van der Waals surface area contributed by atoms with Gasteiger partial charge < -0.3 is 10.2 Å². The average Bonchev–Trinajstić information content (AvgIpc) is 2.90. The van der Waals surface area contributed by atoms with E-state index in [0.717, 1.165) is 48.7 Å². The number of carbonyl (C=O) groups is 1. The highest BCUT2D eigenvalue weighted by Crippen LogP contribution is 2.25. The molecular formula is C30H35N5O2. The first-order valence-corrected chi connectivity index (χ1v) is 12.5. The van der Waals surface area contributed by atoms with Crippen LogP contribution in [0.2, 0.25) is 0 Å². The van der Waals surface area contributed by atoms with Crippen LogP contribution < -0.4 is 10.9 Å². The number of anilines is 1. The van der Waals surface area contributed by atoms with Gasteiger partial charge in [0.2, 0.25) is 0 Å². The molecule has 1 aromatic carbocycles. The van der Waals surface area contributed by atoms with E-state index in [1.807, 2.05) is 43.3 Å². The van der Waals surface area contributed by atoms with E-state index in [2.05, 4.69) is 34.3 Å². The first-order chi connectivity index (χ1) is 17.8. The molecule has 37 heavy (non-hydrogen) atoms. The fourth-order valence-corrected chi connectivity index (χ4v) is 4.63. The van der Waals surface area contributed by atoms with Crippen LogP contribution in [0.3, 0.4) is 0 Å². The molecule has 3 heterocycles. The van der Waals surface area contributed by atoms with Gasteiger partial charge in [0.05, 0.1) is 5.69 Å². The molecule has 0 bridgehead atoms. The molecule has 0 spiro atoms. The number of aryl methyl sites for hydroxylation is 1. The van der Waals surface area contributed by atoms with Gasteiger partial charge in [-0.15, -0.1) is 0 Å². The molecule has 0 unspecified atom stereocenters. The van der Waals surface area contributed by atoms with Crippen molar-refractivity contribution in [3.05, 3.63) is 99.2 Å². The molecule has 1 aliphatic heterocycles. The highest BCUT2D eigenvalue weighted by Gasteiger charge is 2.15. The van der Waals surface area contributed by atoms with Crippen LogP contribution in [0.5, 0.6) is 0 Å². The zero-order valence-corrected chi connectivity index (χ0v) is 22.3. The van der Waals surface area contributed by atoms with Gasteiger partial charge in [-0.2, -0.15) is 0 Å². The summed E-state index contributed by atoms with van der Waals surface area (Å²) < 4.78 is 1.67. The smallest absolute Gasteiger partial charge is 0.257 e. The molecular weight excluding hydrogens is 462 g/mol. The van der Waals surface area contributed by atoms with Gasteiger partial charge in [0.1, 0.15) is 0 Å². The predicted molar refractivity (Wildman–Crippen MR) is 151 cm³/mol. The van der Waals surface area contributed by atoms with Crippen molar-refractivity contribution < 1.29 is 4.79 Å². The van der Waals surface area contributed by atoms with Crippen LogP contribution in [-0.4, -0.2) is 66.0 Å². The summed E-state index contributed by atoms with van der Waals surface area (Å²) in [5.41, 5.74) is 7.78. The fourth-order valence-electron chi connectivity index (χ4n) is 4.63. The third-order valence-corrected chi connectivity index (χ3v) is 6.70. The fraction of sp³-hybridized carbons (Fsp3) is 0.300. The summed E-state index contributed by atoms with van der Waals surface area (Å²) in [7, 11) is 5.33. The van der Waals surface area contributed by atoms with Gasteiger partial charge in [0, 0.05) is 81.7 Å². The molecule has 3 aromatic rings. The van der Waals surface area contributed by atoms with Crippen molar-refractivity contribution >= 4 is 23.2 Å². The summed E-state index contributed by atoms with van der Waals surface area (Å²) in [6, 6.07) is 13.3. The standard InChI is InChI=1S/C30H35N5O2/c1-21(18-27-22(2)32-14-10-28(27)35-17-13-26(31-3)19-29(35)36)20-34-15-11-24(12-16-34)23-6-8-25(9-7-23)30(37)33(4)5/h6-11,13-14,17-19,31H,12,15-16,20H2,1-5H3/b21-18+. The molecule has 7 nitrogen and oxygen atoms in total. The van der Waals surface area contributed by atoms with Crippen LogP contribution in [0.15, 0.2) is 71.3 Å². The second-order valence-corrected chi connectivity index (χ2v) is 9.68. The summed E-state index contributed by atoms with van der Waals surface area (Å²) in [5, 5.41) is 3.01. The Morgan fingerprint density at radius 3 is 2.54 bits per heavy atom. The van der Waals surface area contributed by atoms with E-state index in [9.17, 15) is 9.59 Å². The minimum absolute atomic E-state index is 0.0180. The third-order valence-electron chi connectivity index (χ3n) is 6.70. The maximum Gasteiger partial charge on any atom is 0.257 e. The number of nitrogens with one attached hydrogen (secondary N) is 1. The van der Waals surface area contributed by atoms with E-state index in [0.29, 0.717) is 5.56 Å². The van der Waals surface area contributed by atoms with Gasteiger partial charge in [0.25, 0.3) is 11.5 Å². The Morgan fingerprint density at radius 2 is 1.92 bits per heavy atom. The van der Waals surface area contributed by atoms with E-state index in [1.165, 1.54) is 16.7 Å². The van der Waals surface area contributed by atoms with Crippen molar-refractivity contribution in [1.82, 2.24) is 19.4 Å². The number of amides is 1. The molecule has 192 valence electrons. The summed E-state index contributed by atoms with van der Waals surface area (Å²) in [4.78, 5) is 33.4. The van der Waals surface area contributed by atoms with Gasteiger partial charge in [-0.3, -0.25) is 24.0 Å². The molecule has 0 radical (unpaired) electrons. The molecule has 0 atom stereocenters. The lowest BCUT2D eigenvalue weighted by Crippen LogP contribution is -2.30. The molecule has 0 saturated heterocycles. The predicted octanol–water partition coefficient (Wildman–Crippen LogP) is 4.48. The number of benzene rings is 1. The van der Waals surface area contributed by atoms with Crippen LogP contribution in [0, 0.1) is 6.92 Å². The topological polar surface area (TPSA) is 70.5 Å². The first kappa shape index (κ1) is 26.1. The Morgan fingerprint density at radius 1 is 1.16 bits per heavy atom. The molecule has 0 fully saturated rings. The summed E-state index contributed by atoms with van der Waals surface area (Å²) >= 11 is 0. The molecule has 1 aliphatic rings. The number of hydrogen-bond acceptors (Lipinski definition) is 5. The van der Waals surface area contributed by atoms with Gasteiger partial charge in [-0.25, -0.2) is 0 Å². The number of hydrogen-bond donors (Lipinski definition) is 1. The van der Waals surface area contributed by atoms with Crippen LogP contribution in [-0.2, 0) is 0 Å². The molecule has 0 saturated carbocycles. The minimum Gasteiger partial charge on any atom is -0.388 e. The van der Waals surface area contributed by atoms with Gasteiger partial charge >= 0.3 is 0 Å².